The maximum Gasteiger partial charge on any atom is 0.258 e. The zero-order valence-electron chi connectivity index (χ0n) is 16.9. The van der Waals surface area contributed by atoms with Crippen LogP contribution in [0.4, 0.5) is 5.13 Å². The van der Waals surface area contributed by atoms with Gasteiger partial charge in [-0.1, -0.05) is 59.7 Å². The molecule has 0 saturated heterocycles. The van der Waals surface area contributed by atoms with Gasteiger partial charge >= 0.3 is 0 Å². The lowest BCUT2D eigenvalue weighted by Crippen LogP contribution is -2.18. The highest BCUT2D eigenvalue weighted by atomic mass is 32.2. The van der Waals surface area contributed by atoms with Gasteiger partial charge in [0.1, 0.15) is 0 Å². The van der Waals surface area contributed by atoms with Crippen molar-refractivity contribution in [2.24, 2.45) is 4.99 Å². The maximum atomic E-state index is 12.4. The molecule has 2 aromatic heterocycles. The topological polar surface area (TPSA) is 76.3 Å². The Labute approximate surface area is 197 Å². The zero-order chi connectivity index (χ0) is 22.3. The highest BCUT2D eigenvalue weighted by Crippen LogP contribution is 2.24. The molecule has 0 unspecified atom stereocenters. The van der Waals surface area contributed by atoms with E-state index in [4.69, 9.17) is 6.42 Å². The number of amides is 2. The number of thioether (sulfide) groups is 1. The Morgan fingerprint density at radius 2 is 1.91 bits per heavy atom. The fourth-order valence-corrected chi connectivity index (χ4v) is 5.33. The van der Waals surface area contributed by atoms with Crippen LogP contribution in [0.1, 0.15) is 0 Å². The largest absolute Gasteiger partial charge is 0.305 e. The summed E-state index contributed by atoms with van der Waals surface area (Å²) in [6, 6.07) is 17.5. The van der Waals surface area contributed by atoms with Crippen molar-refractivity contribution >= 4 is 61.6 Å². The molecule has 2 heterocycles. The number of para-hydroxylation sites is 1. The van der Waals surface area contributed by atoms with Gasteiger partial charge in [0.05, 0.1) is 34.0 Å². The van der Waals surface area contributed by atoms with E-state index >= 15 is 0 Å². The highest BCUT2D eigenvalue weighted by Gasteiger charge is 2.10. The van der Waals surface area contributed by atoms with Gasteiger partial charge in [-0.15, -0.1) is 29.5 Å². The summed E-state index contributed by atoms with van der Waals surface area (Å²) in [4.78, 5) is 33.8. The number of benzene rings is 2. The third-order valence-electron chi connectivity index (χ3n) is 4.34. The van der Waals surface area contributed by atoms with Crippen LogP contribution in [0, 0.1) is 12.3 Å². The average molecular weight is 479 g/mol. The molecule has 0 fully saturated rings. The third kappa shape index (κ3) is 5.34. The van der Waals surface area contributed by atoms with Crippen LogP contribution in [0.25, 0.3) is 21.5 Å². The van der Waals surface area contributed by atoms with Crippen LogP contribution in [0.2, 0.25) is 0 Å². The summed E-state index contributed by atoms with van der Waals surface area (Å²) >= 11 is 4.00. The van der Waals surface area contributed by atoms with E-state index in [9.17, 15) is 9.59 Å². The predicted molar refractivity (Wildman–Crippen MR) is 133 cm³/mol. The van der Waals surface area contributed by atoms with E-state index in [2.05, 4.69) is 21.2 Å². The molecule has 0 saturated carbocycles. The number of thiazole rings is 2. The molecule has 6 nitrogen and oxygen atoms in total. The number of rotatable bonds is 7. The van der Waals surface area contributed by atoms with Gasteiger partial charge < -0.3 is 9.88 Å². The standard InChI is InChI=1S/C23H18N4O2S3/c1-2-12-27-18-10-6-7-11-19(18)32-23(27)26-21(29)15-30-14-20(28)25-22-24-17(13-31-22)16-8-4-3-5-9-16/h1,3-11,13H,12,14-15H2,(H,24,25,28). The summed E-state index contributed by atoms with van der Waals surface area (Å²) in [5.41, 5.74) is 2.76. The number of aromatic nitrogens is 2. The van der Waals surface area contributed by atoms with E-state index in [0.717, 1.165) is 21.5 Å². The van der Waals surface area contributed by atoms with Gasteiger partial charge in [0.25, 0.3) is 5.91 Å². The Balaban J connectivity index is 1.33. The zero-order valence-corrected chi connectivity index (χ0v) is 19.3. The van der Waals surface area contributed by atoms with Crippen LogP contribution in [-0.4, -0.2) is 32.9 Å². The van der Waals surface area contributed by atoms with Gasteiger partial charge in [-0.05, 0) is 12.1 Å². The Hall–Kier alpha value is -3.19. The predicted octanol–water partition coefficient (Wildman–Crippen LogP) is 4.26. The molecular weight excluding hydrogens is 460 g/mol. The average Bonchev–Trinajstić information content (AvgIpc) is 3.39. The highest BCUT2D eigenvalue weighted by molar-refractivity contribution is 8.00. The molecule has 4 aromatic rings. The monoisotopic (exact) mass is 478 g/mol. The first-order chi connectivity index (χ1) is 15.6. The first kappa shape index (κ1) is 22.0. The van der Waals surface area contributed by atoms with E-state index < -0.39 is 0 Å². The number of terminal acetylenes is 1. The van der Waals surface area contributed by atoms with E-state index in [0.29, 0.717) is 16.5 Å². The van der Waals surface area contributed by atoms with E-state index in [1.54, 1.807) is 0 Å². The molecule has 1 N–H and O–H groups in total. The van der Waals surface area contributed by atoms with E-state index in [1.165, 1.54) is 34.4 Å². The molecule has 0 bridgehead atoms. The number of carbonyl (C=O) groups excluding carboxylic acids is 2. The van der Waals surface area contributed by atoms with Gasteiger partial charge in [-0.3, -0.25) is 9.59 Å². The lowest BCUT2D eigenvalue weighted by molar-refractivity contribution is -0.115. The van der Waals surface area contributed by atoms with Crippen molar-refractivity contribution in [3.05, 3.63) is 64.8 Å². The third-order valence-corrected chi connectivity index (χ3v) is 7.07. The van der Waals surface area contributed by atoms with Crippen molar-refractivity contribution in [1.29, 1.82) is 0 Å². The molecule has 9 heteroatoms. The molecule has 0 atom stereocenters. The smallest absolute Gasteiger partial charge is 0.258 e. The molecular formula is C23H18N4O2S3. The summed E-state index contributed by atoms with van der Waals surface area (Å²) in [6.45, 7) is 0.338. The van der Waals surface area contributed by atoms with Crippen molar-refractivity contribution in [1.82, 2.24) is 9.55 Å². The number of nitrogens with one attached hydrogen (secondary N) is 1. The normalized spacial score (nSPS) is 11.4. The maximum absolute atomic E-state index is 12.4. The van der Waals surface area contributed by atoms with E-state index in [1.807, 2.05) is 64.5 Å². The molecule has 0 radical (unpaired) electrons. The van der Waals surface area contributed by atoms with Crippen molar-refractivity contribution in [3.63, 3.8) is 0 Å². The quantitative estimate of drug-likeness (QED) is 0.403. The van der Waals surface area contributed by atoms with Crippen molar-refractivity contribution in [2.45, 2.75) is 6.54 Å². The fourth-order valence-electron chi connectivity index (χ4n) is 2.95. The summed E-state index contributed by atoms with van der Waals surface area (Å²) in [5, 5.41) is 5.21. The van der Waals surface area contributed by atoms with Gasteiger partial charge in [0, 0.05) is 10.9 Å². The molecule has 2 amide bonds. The summed E-state index contributed by atoms with van der Waals surface area (Å²) in [6.07, 6.45) is 5.48. The molecule has 0 aliphatic heterocycles. The van der Waals surface area contributed by atoms with Crippen LogP contribution < -0.4 is 10.1 Å². The number of carbonyl (C=O) groups is 2. The van der Waals surface area contributed by atoms with Gasteiger partial charge in [0.15, 0.2) is 9.93 Å². The number of nitrogens with zero attached hydrogens (tertiary/aromatic N) is 3. The van der Waals surface area contributed by atoms with Crippen LogP contribution in [-0.2, 0) is 16.1 Å². The van der Waals surface area contributed by atoms with Gasteiger partial charge in [0.2, 0.25) is 5.91 Å². The minimum Gasteiger partial charge on any atom is -0.305 e. The molecule has 0 spiro atoms. The molecule has 0 aliphatic carbocycles. The molecule has 0 aliphatic rings. The van der Waals surface area contributed by atoms with Crippen LogP contribution in [0.3, 0.4) is 0 Å². The summed E-state index contributed by atoms with van der Waals surface area (Å²) < 4.78 is 2.86. The van der Waals surface area contributed by atoms with Gasteiger partial charge in [-0.25, -0.2) is 4.98 Å². The lowest BCUT2D eigenvalue weighted by Gasteiger charge is -2.01. The summed E-state index contributed by atoms with van der Waals surface area (Å²) in [7, 11) is 0. The fraction of sp³-hybridized carbons (Fsp3) is 0.130. The van der Waals surface area contributed by atoms with Crippen molar-refractivity contribution in [3.8, 4) is 23.6 Å². The Kier molecular flexibility index (Phi) is 7.17. The Morgan fingerprint density at radius 1 is 1.12 bits per heavy atom. The summed E-state index contributed by atoms with van der Waals surface area (Å²) in [5.74, 6) is 2.33. The van der Waals surface area contributed by atoms with Crippen molar-refractivity contribution in [2.75, 3.05) is 16.8 Å². The van der Waals surface area contributed by atoms with Crippen LogP contribution in [0.5, 0.6) is 0 Å². The van der Waals surface area contributed by atoms with Crippen LogP contribution >= 0.6 is 34.4 Å². The second-order valence-corrected chi connectivity index (χ2v) is 9.45. The minimum atomic E-state index is -0.305. The number of hydrogen-bond donors (Lipinski definition) is 1. The Morgan fingerprint density at radius 3 is 2.72 bits per heavy atom. The molecule has 4 rings (SSSR count). The molecule has 32 heavy (non-hydrogen) atoms. The number of fused-ring (bicyclic) bond motifs is 1. The van der Waals surface area contributed by atoms with Gasteiger partial charge in [-0.2, -0.15) is 4.99 Å². The molecule has 2 aromatic carbocycles. The SMILES string of the molecule is C#CCn1c(=NC(=O)CSCC(=O)Nc2nc(-c3ccccc3)cs2)sc2ccccc21. The first-order valence-electron chi connectivity index (χ1n) is 9.62. The minimum absolute atomic E-state index is 0.102. The number of hydrogen-bond acceptors (Lipinski definition) is 6. The second kappa shape index (κ2) is 10.4. The Bertz CT molecular complexity index is 1360. The van der Waals surface area contributed by atoms with Crippen molar-refractivity contribution < 1.29 is 9.59 Å². The number of anilines is 1. The van der Waals surface area contributed by atoms with Crippen LogP contribution in [0.15, 0.2) is 65.0 Å². The van der Waals surface area contributed by atoms with E-state index in [-0.39, 0.29) is 23.3 Å². The first-order valence-corrected chi connectivity index (χ1v) is 12.5. The lowest BCUT2D eigenvalue weighted by atomic mass is 10.2. The molecule has 160 valence electrons. The second-order valence-electron chi connectivity index (χ2n) is 6.59.